The van der Waals surface area contributed by atoms with E-state index in [1.54, 1.807) is 6.07 Å². The van der Waals surface area contributed by atoms with Gasteiger partial charge in [0.05, 0.1) is 25.0 Å². The van der Waals surface area contributed by atoms with E-state index in [1.165, 1.54) is 18.9 Å². The molecule has 1 amide bonds. The summed E-state index contributed by atoms with van der Waals surface area (Å²) in [5.41, 5.74) is 4.36. The van der Waals surface area contributed by atoms with Crippen LogP contribution in [-0.4, -0.2) is 43.6 Å². The van der Waals surface area contributed by atoms with Crippen LogP contribution in [0.15, 0.2) is 36.4 Å². The first-order valence-corrected chi connectivity index (χ1v) is 10.2. The lowest BCUT2D eigenvalue weighted by atomic mass is 9.94. The van der Waals surface area contributed by atoms with E-state index in [9.17, 15) is 9.59 Å². The average molecular weight is 385 g/mol. The van der Waals surface area contributed by atoms with Crippen LogP contribution in [0.1, 0.15) is 21.5 Å². The Bertz CT molecular complexity index is 865. The molecule has 1 N–H and O–H groups in total. The van der Waals surface area contributed by atoms with Gasteiger partial charge in [-0.25, -0.2) is 4.79 Å². The summed E-state index contributed by atoms with van der Waals surface area (Å²) in [6.07, 6.45) is 2.51. The largest absolute Gasteiger partial charge is 0.487 e. The van der Waals surface area contributed by atoms with E-state index in [0.717, 1.165) is 34.4 Å². The number of nitrogens with one attached hydrogen (secondary N) is 1. The van der Waals surface area contributed by atoms with Crippen molar-refractivity contribution in [2.75, 3.05) is 25.7 Å². The number of hydrogen-bond acceptors (Lipinski definition) is 5. The molecule has 0 unspecified atom stereocenters. The van der Waals surface area contributed by atoms with Crippen LogP contribution >= 0.6 is 11.8 Å². The van der Waals surface area contributed by atoms with Gasteiger partial charge in [0.1, 0.15) is 11.9 Å². The summed E-state index contributed by atoms with van der Waals surface area (Å²) in [7, 11) is 1.38. The quantitative estimate of drug-likeness (QED) is 0.774. The van der Waals surface area contributed by atoms with Crippen molar-refractivity contribution in [3.05, 3.63) is 53.1 Å². The van der Waals surface area contributed by atoms with Gasteiger partial charge in [-0.1, -0.05) is 24.3 Å². The number of carbonyl (C=O) groups is 2. The molecular formula is C21H23NO4S. The van der Waals surface area contributed by atoms with Gasteiger partial charge in [-0.05, 0) is 42.0 Å². The molecule has 27 heavy (non-hydrogen) atoms. The Morgan fingerprint density at radius 3 is 2.78 bits per heavy atom. The minimum absolute atomic E-state index is 0.00879. The van der Waals surface area contributed by atoms with Gasteiger partial charge in [-0.3, -0.25) is 4.79 Å². The lowest BCUT2D eigenvalue weighted by Crippen LogP contribution is -2.35. The van der Waals surface area contributed by atoms with Crippen molar-refractivity contribution in [3.8, 4) is 16.9 Å². The van der Waals surface area contributed by atoms with E-state index >= 15 is 0 Å². The molecule has 6 heteroatoms. The fraction of sp³-hybridized carbons (Fsp3) is 0.333. The Labute approximate surface area is 163 Å². The number of rotatable bonds is 6. The Morgan fingerprint density at radius 1 is 1.26 bits per heavy atom. The van der Waals surface area contributed by atoms with Crippen molar-refractivity contribution in [1.29, 1.82) is 0 Å². The summed E-state index contributed by atoms with van der Waals surface area (Å²) in [4.78, 5) is 23.9. The van der Waals surface area contributed by atoms with E-state index in [-0.39, 0.29) is 18.0 Å². The molecule has 1 heterocycles. The van der Waals surface area contributed by atoms with Crippen molar-refractivity contribution in [2.24, 2.45) is 0 Å². The van der Waals surface area contributed by atoms with Gasteiger partial charge in [0.2, 0.25) is 5.91 Å². The van der Waals surface area contributed by atoms with Gasteiger partial charge < -0.3 is 14.8 Å². The fourth-order valence-electron chi connectivity index (χ4n) is 3.32. The van der Waals surface area contributed by atoms with Crippen LogP contribution in [0.5, 0.6) is 5.75 Å². The molecule has 0 saturated carbocycles. The molecule has 0 saturated heterocycles. The third-order valence-corrected chi connectivity index (χ3v) is 5.02. The maximum atomic E-state index is 12.2. The van der Waals surface area contributed by atoms with Crippen LogP contribution in [0, 0.1) is 6.92 Å². The molecule has 0 bridgehead atoms. The second kappa shape index (κ2) is 8.48. The number of thioether (sulfide) groups is 1. The van der Waals surface area contributed by atoms with Crippen LogP contribution < -0.4 is 10.1 Å². The van der Waals surface area contributed by atoms with Gasteiger partial charge in [-0.2, -0.15) is 11.8 Å². The van der Waals surface area contributed by atoms with Gasteiger partial charge in [0.15, 0.2) is 0 Å². The zero-order chi connectivity index (χ0) is 19.4. The van der Waals surface area contributed by atoms with E-state index in [2.05, 4.69) is 11.4 Å². The van der Waals surface area contributed by atoms with Crippen molar-refractivity contribution in [1.82, 2.24) is 5.32 Å². The Morgan fingerprint density at radius 2 is 2.04 bits per heavy atom. The number of fused-ring (bicyclic) bond motifs is 1. The van der Waals surface area contributed by atoms with E-state index in [4.69, 9.17) is 9.47 Å². The topological polar surface area (TPSA) is 64.6 Å². The highest BCUT2D eigenvalue weighted by Gasteiger charge is 2.28. The van der Waals surface area contributed by atoms with Gasteiger partial charge in [-0.15, -0.1) is 0 Å². The van der Waals surface area contributed by atoms with E-state index in [0.29, 0.717) is 17.9 Å². The molecule has 1 atom stereocenters. The number of benzene rings is 2. The highest BCUT2D eigenvalue weighted by atomic mass is 32.2. The molecule has 0 radical (unpaired) electrons. The molecule has 1 aliphatic rings. The summed E-state index contributed by atoms with van der Waals surface area (Å²) in [5.74, 6) is 0.853. The first-order valence-electron chi connectivity index (χ1n) is 8.77. The zero-order valence-electron chi connectivity index (χ0n) is 15.7. The number of aryl methyl sites for hydroxylation is 1. The normalized spacial score (nSPS) is 15.0. The summed E-state index contributed by atoms with van der Waals surface area (Å²) in [6.45, 7) is 2.49. The maximum Gasteiger partial charge on any atom is 0.338 e. The zero-order valence-corrected chi connectivity index (χ0v) is 16.5. The molecule has 0 spiro atoms. The molecule has 5 nitrogen and oxygen atoms in total. The van der Waals surface area contributed by atoms with Gasteiger partial charge in [0.25, 0.3) is 0 Å². The second-order valence-electron chi connectivity index (χ2n) is 6.52. The van der Waals surface area contributed by atoms with Gasteiger partial charge in [0, 0.05) is 12.0 Å². The molecule has 3 rings (SSSR count). The summed E-state index contributed by atoms with van der Waals surface area (Å²) >= 11 is 1.49. The SMILES string of the molecule is COC(=O)c1ccccc1-c1cc(C)cc2c1O[C@@H](CNC(=O)CSC)C2. The maximum absolute atomic E-state index is 12.2. The predicted molar refractivity (Wildman–Crippen MR) is 107 cm³/mol. The highest BCUT2D eigenvalue weighted by Crippen LogP contribution is 2.41. The lowest BCUT2D eigenvalue weighted by molar-refractivity contribution is -0.118. The smallest absolute Gasteiger partial charge is 0.338 e. The Hall–Kier alpha value is -2.47. The number of amides is 1. The number of methoxy groups -OCH3 is 1. The Kier molecular flexibility index (Phi) is 6.06. The number of ether oxygens (including phenoxy) is 2. The molecule has 2 aromatic carbocycles. The molecule has 0 aromatic heterocycles. The highest BCUT2D eigenvalue weighted by molar-refractivity contribution is 7.99. The van der Waals surface area contributed by atoms with Crippen LogP contribution in [0.2, 0.25) is 0 Å². The van der Waals surface area contributed by atoms with Crippen molar-refractivity contribution in [2.45, 2.75) is 19.4 Å². The van der Waals surface area contributed by atoms with Crippen molar-refractivity contribution < 1.29 is 19.1 Å². The molecule has 2 aromatic rings. The van der Waals surface area contributed by atoms with Crippen LogP contribution in [-0.2, 0) is 16.0 Å². The standard InChI is InChI=1S/C21H23NO4S/c1-13-8-14-10-15(11-22-19(23)12-27-3)26-20(14)18(9-13)16-6-4-5-7-17(16)21(24)25-2/h4-9,15H,10-12H2,1-3H3,(H,22,23)/t15-/m1/s1. The average Bonchev–Trinajstić information content (AvgIpc) is 3.08. The second-order valence-corrected chi connectivity index (χ2v) is 7.38. The predicted octanol–water partition coefficient (Wildman–Crippen LogP) is 3.23. The molecule has 142 valence electrons. The van der Waals surface area contributed by atoms with Crippen LogP contribution in [0.3, 0.4) is 0 Å². The molecule has 0 aliphatic carbocycles. The summed E-state index contributed by atoms with van der Waals surface area (Å²) < 4.78 is 11.1. The minimum atomic E-state index is -0.375. The van der Waals surface area contributed by atoms with E-state index in [1.807, 2.05) is 37.4 Å². The van der Waals surface area contributed by atoms with Crippen LogP contribution in [0.4, 0.5) is 0 Å². The molecule has 1 aliphatic heterocycles. The number of esters is 1. The third-order valence-electron chi connectivity index (χ3n) is 4.47. The Balaban J connectivity index is 1.90. The minimum Gasteiger partial charge on any atom is -0.487 e. The summed E-state index contributed by atoms with van der Waals surface area (Å²) in [5, 5.41) is 2.91. The monoisotopic (exact) mass is 385 g/mol. The fourth-order valence-corrected chi connectivity index (χ4v) is 3.69. The van der Waals surface area contributed by atoms with E-state index < -0.39 is 0 Å². The van der Waals surface area contributed by atoms with Crippen LogP contribution in [0.25, 0.3) is 11.1 Å². The number of carbonyl (C=O) groups excluding carboxylic acids is 2. The van der Waals surface area contributed by atoms with Crippen molar-refractivity contribution >= 4 is 23.6 Å². The lowest BCUT2D eigenvalue weighted by Gasteiger charge is -2.15. The van der Waals surface area contributed by atoms with Gasteiger partial charge >= 0.3 is 5.97 Å². The number of hydrogen-bond donors (Lipinski definition) is 1. The molecule has 0 fully saturated rings. The summed E-state index contributed by atoms with van der Waals surface area (Å²) in [6, 6.07) is 11.5. The first-order chi connectivity index (χ1) is 13.0. The third kappa shape index (κ3) is 4.27. The first kappa shape index (κ1) is 19.3. The molecular weight excluding hydrogens is 362 g/mol. The van der Waals surface area contributed by atoms with Crippen molar-refractivity contribution in [3.63, 3.8) is 0 Å².